The second-order valence-corrected chi connectivity index (χ2v) is 3.96. The van der Waals surface area contributed by atoms with Gasteiger partial charge in [0.25, 0.3) is 0 Å². The Morgan fingerprint density at radius 2 is 1.76 bits per heavy atom. The number of likely N-dealkylation sites (tertiary alicyclic amines) is 1. The molecule has 0 spiro atoms. The summed E-state index contributed by atoms with van der Waals surface area (Å²) in [6.45, 7) is 0.901. The van der Waals surface area contributed by atoms with Crippen LogP contribution in [0.15, 0.2) is 24.3 Å². The largest absolute Gasteiger partial charge is 0.324 e. The molecule has 0 aromatic heterocycles. The fraction of sp³-hybridized carbons (Fsp3) is 0.333. The van der Waals surface area contributed by atoms with Crippen LogP contribution in [-0.4, -0.2) is 29.8 Å². The summed E-state index contributed by atoms with van der Waals surface area (Å²) in [5, 5.41) is 2.66. The Morgan fingerprint density at radius 3 is 2.35 bits per heavy atom. The molecule has 2 amide bonds. The highest BCUT2D eigenvalue weighted by Crippen LogP contribution is 2.11. The lowest BCUT2D eigenvalue weighted by atomic mass is 10.1. The van der Waals surface area contributed by atoms with Crippen LogP contribution in [0.5, 0.6) is 0 Å². The maximum absolute atomic E-state index is 12.7. The Bertz CT molecular complexity index is 421. The van der Waals surface area contributed by atoms with Crippen molar-refractivity contribution in [2.24, 2.45) is 0 Å². The lowest BCUT2D eigenvalue weighted by molar-refractivity contribution is -0.120. The molecule has 1 aliphatic rings. The highest BCUT2D eigenvalue weighted by atomic mass is 19.1. The average Bonchev–Trinajstić information content (AvgIpc) is 2.33. The van der Waals surface area contributed by atoms with Gasteiger partial charge in [-0.1, -0.05) is 0 Å². The lowest BCUT2D eigenvalue weighted by Crippen LogP contribution is -2.41. The minimum absolute atomic E-state index is 0.191. The molecule has 5 heteroatoms. The summed E-state index contributed by atoms with van der Waals surface area (Å²) in [6.07, 6.45) is 0.827. The first kappa shape index (κ1) is 11.6. The zero-order valence-electron chi connectivity index (χ0n) is 9.28. The highest BCUT2D eigenvalue weighted by molar-refractivity contribution is 5.91. The van der Waals surface area contributed by atoms with Crippen LogP contribution in [0.1, 0.15) is 12.8 Å². The Morgan fingerprint density at radius 1 is 1.18 bits per heavy atom. The summed E-state index contributed by atoms with van der Waals surface area (Å²) in [4.78, 5) is 24.4. The van der Waals surface area contributed by atoms with Crippen LogP contribution in [-0.2, 0) is 4.79 Å². The zero-order chi connectivity index (χ0) is 12.3. The van der Waals surface area contributed by atoms with Crippen molar-refractivity contribution in [3.8, 4) is 0 Å². The summed E-state index contributed by atoms with van der Waals surface area (Å²) < 4.78 is 12.7. The highest BCUT2D eigenvalue weighted by Gasteiger charge is 2.20. The number of hydrogen-bond donors (Lipinski definition) is 1. The molecular weight excluding hydrogens is 223 g/mol. The van der Waals surface area contributed by atoms with Gasteiger partial charge in [0.2, 0.25) is 0 Å². The number of anilines is 1. The number of hydrogen-bond acceptors (Lipinski definition) is 2. The van der Waals surface area contributed by atoms with E-state index >= 15 is 0 Å². The van der Waals surface area contributed by atoms with Gasteiger partial charge in [-0.3, -0.25) is 4.79 Å². The molecule has 1 heterocycles. The number of ketones is 1. The summed E-state index contributed by atoms with van der Waals surface area (Å²) >= 11 is 0. The third-order valence-electron chi connectivity index (χ3n) is 2.70. The van der Waals surface area contributed by atoms with Gasteiger partial charge < -0.3 is 10.2 Å². The number of carbonyl (C=O) groups excluding carboxylic acids is 2. The maximum Gasteiger partial charge on any atom is 0.321 e. The van der Waals surface area contributed by atoms with E-state index in [0.717, 1.165) is 0 Å². The van der Waals surface area contributed by atoms with E-state index in [9.17, 15) is 14.0 Å². The van der Waals surface area contributed by atoms with E-state index in [-0.39, 0.29) is 17.6 Å². The smallest absolute Gasteiger partial charge is 0.321 e. The number of carbonyl (C=O) groups is 2. The molecule has 4 nitrogen and oxygen atoms in total. The molecule has 1 aromatic rings. The van der Waals surface area contributed by atoms with Crippen LogP contribution in [0.3, 0.4) is 0 Å². The molecule has 0 bridgehead atoms. The fourth-order valence-corrected chi connectivity index (χ4v) is 1.69. The van der Waals surface area contributed by atoms with Gasteiger partial charge in [-0.25, -0.2) is 9.18 Å². The van der Waals surface area contributed by atoms with Crippen molar-refractivity contribution in [3.05, 3.63) is 30.1 Å². The third kappa shape index (κ3) is 3.03. The molecule has 0 aliphatic carbocycles. The first-order valence-corrected chi connectivity index (χ1v) is 5.48. The number of halogens is 1. The van der Waals surface area contributed by atoms with Crippen LogP contribution >= 0.6 is 0 Å². The number of rotatable bonds is 1. The molecule has 0 saturated carbocycles. The number of nitrogens with one attached hydrogen (secondary N) is 1. The Kier molecular flexibility index (Phi) is 3.37. The van der Waals surface area contributed by atoms with Crippen molar-refractivity contribution < 1.29 is 14.0 Å². The second kappa shape index (κ2) is 4.95. The number of benzene rings is 1. The minimum Gasteiger partial charge on any atom is -0.324 e. The second-order valence-electron chi connectivity index (χ2n) is 3.96. The van der Waals surface area contributed by atoms with E-state index in [4.69, 9.17) is 0 Å². The van der Waals surface area contributed by atoms with E-state index in [0.29, 0.717) is 31.6 Å². The number of Topliss-reactive ketones (excluding diaryl/α,β-unsaturated/α-hetero) is 1. The van der Waals surface area contributed by atoms with Gasteiger partial charge in [-0.2, -0.15) is 0 Å². The maximum atomic E-state index is 12.7. The van der Waals surface area contributed by atoms with Crippen molar-refractivity contribution in [3.63, 3.8) is 0 Å². The quantitative estimate of drug-likeness (QED) is 0.811. The minimum atomic E-state index is -0.341. The van der Waals surface area contributed by atoms with Crippen molar-refractivity contribution >= 4 is 17.5 Å². The topological polar surface area (TPSA) is 49.4 Å². The molecule has 90 valence electrons. The van der Waals surface area contributed by atoms with Crippen LogP contribution in [0, 0.1) is 5.82 Å². The average molecular weight is 236 g/mol. The van der Waals surface area contributed by atoms with Crippen molar-refractivity contribution in [2.45, 2.75) is 12.8 Å². The van der Waals surface area contributed by atoms with Crippen molar-refractivity contribution in [2.75, 3.05) is 18.4 Å². The molecule has 17 heavy (non-hydrogen) atoms. The number of nitrogens with zero attached hydrogens (tertiary/aromatic N) is 1. The molecule has 1 N–H and O–H groups in total. The van der Waals surface area contributed by atoms with E-state index in [1.807, 2.05) is 0 Å². The van der Waals surface area contributed by atoms with Gasteiger partial charge in [0.1, 0.15) is 11.6 Å². The molecule has 1 saturated heterocycles. The van der Waals surface area contributed by atoms with Gasteiger partial charge in [-0.15, -0.1) is 0 Å². The lowest BCUT2D eigenvalue weighted by Gasteiger charge is -2.26. The zero-order valence-corrected chi connectivity index (χ0v) is 9.28. The molecule has 2 rings (SSSR count). The standard InChI is InChI=1S/C12H13FN2O2/c13-9-1-3-10(4-2-9)14-12(17)15-7-5-11(16)6-8-15/h1-4H,5-8H2,(H,14,17). The first-order valence-electron chi connectivity index (χ1n) is 5.48. The normalized spacial score (nSPS) is 15.8. The van der Waals surface area contributed by atoms with Crippen molar-refractivity contribution in [1.82, 2.24) is 4.90 Å². The van der Waals surface area contributed by atoms with Gasteiger partial charge in [-0.05, 0) is 24.3 Å². The van der Waals surface area contributed by atoms with E-state index in [1.165, 1.54) is 24.3 Å². The predicted molar refractivity (Wildman–Crippen MR) is 61.2 cm³/mol. The summed E-state index contributed by atoms with van der Waals surface area (Å²) in [5.74, 6) is -0.151. The van der Waals surface area contributed by atoms with Crippen LogP contribution < -0.4 is 5.32 Å². The molecule has 1 aliphatic heterocycles. The first-order chi connectivity index (χ1) is 8.15. The fourth-order valence-electron chi connectivity index (χ4n) is 1.69. The van der Waals surface area contributed by atoms with Gasteiger partial charge >= 0.3 is 6.03 Å². The van der Waals surface area contributed by atoms with E-state index < -0.39 is 0 Å². The van der Waals surface area contributed by atoms with Gasteiger partial charge in [0, 0.05) is 31.6 Å². The predicted octanol–water partition coefficient (Wildman–Crippen LogP) is 2.02. The van der Waals surface area contributed by atoms with Gasteiger partial charge in [0.15, 0.2) is 0 Å². The molecule has 1 fully saturated rings. The SMILES string of the molecule is O=C1CCN(C(=O)Nc2ccc(F)cc2)CC1. The Labute approximate surface area is 98.4 Å². The van der Waals surface area contributed by atoms with E-state index in [1.54, 1.807) is 4.90 Å². The van der Waals surface area contributed by atoms with Crippen LogP contribution in [0.2, 0.25) is 0 Å². The van der Waals surface area contributed by atoms with Crippen LogP contribution in [0.4, 0.5) is 14.9 Å². The van der Waals surface area contributed by atoms with Crippen molar-refractivity contribution in [1.29, 1.82) is 0 Å². The number of urea groups is 1. The van der Waals surface area contributed by atoms with E-state index in [2.05, 4.69) is 5.32 Å². The molecule has 0 unspecified atom stereocenters. The third-order valence-corrected chi connectivity index (χ3v) is 2.70. The molecule has 0 atom stereocenters. The van der Waals surface area contributed by atoms with Crippen LogP contribution in [0.25, 0.3) is 0 Å². The Balaban J connectivity index is 1.92. The summed E-state index contributed by atoms with van der Waals surface area (Å²) in [5.41, 5.74) is 0.549. The summed E-state index contributed by atoms with van der Waals surface area (Å²) in [7, 11) is 0. The number of piperidine rings is 1. The molecule has 1 aromatic carbocycles. The summed E-state index contributed by atoms with van der Waals surface area (Å²) in [6, 6.07) is 5.33. The van der Waals surface area contributed by atoms with Gasteiger partial charge in [0.05, 0.1) is 0 Å². The number of amides is 2. The molecule has 0 radical (unpaired) electrons. The Hall–Kier alpha value is -1.91. The molecular formula is C12H13FN2O2. The monoisotopic (exact) mass is 236 g/mol.